The maximum atomic E-state index is 12.8. The lowest BCUT2D eigenvalue weighted by molar-refractivity contribution is 0.102. The number of nitrogens with zero attached hydrogens (tertiary/aromatic N) is 1. The first-order valence-corrected chi connectivity index (χ1v) is 8.59. The van der Waals surface area contributed by atoms with Gasteiger partial charge in [-0.25, -0.2) is 4.98 Å². The normalized spacial score (nSPS) is 10.9. The van der Waals surface area contributed by atoms with Gasteiger partial charge in [-0.1, -0.05) is 18.2 Å². The molecule has 0 saturated heterocycles. The third-order valence-electron chi connectivity index (χ3n) is 4.24. The smallest absolute Gasteiger partial charge is 0.261 e. The Labute approximate surface area is 155 Å². The highest BCUT2D eigenvalue weighted by molar-refractivity contribution is 6.10. The first kappa shape index (κ1) is 16.9. The van der Waals surface area contributed by atoms with E-state index in [1.165, 1.54) is 0 Å². The van der Waals surface area contributed by atoms with Crippen LogP contribution in [0.1, 0.15) is 17.3 Å². The fourth-order valence-electron chi connectivity index (χ4n) is 3.02. The second-order valence-electron chi connectivity index (χ2n) is 5.89. The van der Waals surface area contributed by atoms with Crippen molar-refractivity contribution in [2.24, 2.45) is 0 Å². The molecule has 2 aromatic heterocycles. The van der Waals surface area contributed by atoms with Crippen molar-refractivity contribution in [1.29, 1.82) is 0 Å². The van der Waals surface area contributed by atoms with Gasteiger partial charge >= 0.3 is 0 Å². The van der Waals surface area contributed by atoms with E-state index >= 15 is 0 Å². The summed E-state index contributed by atoms with van der Waals surface area (Å²) < 4.78 is 16.8. The number of carbonyl (C=O) groups excluding carboxylic acids is 1. The molecule has 136 valence electrons. The third-order valence-corrected chi connectivity index (χ3v) is 4.24. The number of fused-ring (bicyclic) bond motifs is 3. The van der Waals surface area contributed by atoms with Gasteiger partial charge in [0.1, 0.15) is 22.5 Å². The lowest BCUT2D eigenvalue weighted by atomic mass is 10.1. The number of para-hydroxylation sites is 1. The Hall–Kier alpha value is -3.54. The fraction of sp³-hybridized carbons (Fsp3) is 0.143. The summed E-state index contributed by atoms with van der Waals surface area (Å²) in [5.74, 6) is 0.505. The monoisotopic (exact) mass is 362 g/mol. The molecule has 0 saturated carbocycles. The van der Waals surface area contributed by atoms with E-state index in [2.05, 4.69) is 10.3 Å². The maximum absolute atomic E-state index is 12.8. The van der Waals surface area contributed by atoms with E-state index in [9.17, 15) is 4.79 Å². The summed E-state index contributed by atoms with van der Waals surface area (Å²) in [5, 5.41) is 4.79. The number of carbonyl (C=O) groups is 1. The van der Waals surface area contributed by atoms with Gasteiger partial charge in [0.25, 0.3) is 5.91 Å². The molecule has 0 fully saturated rings. The Morgan fingerprint density at radius 1 is 1.11 bits per heavy atom. The van der Waals surface area contributed by atoms with Gasteiger partial charge in [-0.2, -0.15) is 0 Å². The second kappa shape index (κ2) is 6.99. The molecular weight excluding hydrogens is 344 g/mol. The molecule has 4 aromatic rings. The lowest BCUT2D eigenvalue weighted by Crippen LogP contribution is -2.15. The zero-order chi connectivity index (χ0) is 18.8. The highest BCUT2D eigenvalue weighted by atomic mass is 16.5. The molecule has 1 N–H and O–H groups in total. The van der Waals surface area contributed by atoms with Crippen molar-refractivity contribution in [1.82, 2.24) is 4.98 Å². The number of methoxy groups -OCH3 is 1. The number of benzene rings is 2. The number of aromatic nitrogens is 1. The van der Waals surface area contributed by atoms with E-state index in [1.807, 2.05) is 37.3 Å². The molecule has 0 aliphatic heterocycles. The first-order chi connectivity index (χ1) is 13.2. The first-order valence-electron chi connectivity index (χ1n) is 8.59. The number of ether oxygens (including phenoxy) is 2. The molecule has 6 heteroatoms. The number of anilines is 1. The Morgan fingerprint density at radius 2 is 1.96 bits per heavy atom. The van der Waals surface area contributed by atoms with Crippen LogP contribution in [0.15, 0.2) is 59.1 Å². The van der Waals surface area contributed by atoms with Gasteiger partial charge in [0.2, 0.25) is 5.88 Å². The van der Waals surface area contributed by atoms with Crippen LogP contribution < -0.4 is 14.8 Å². The van der Waals surface area contributed by atoms with Gasteiger partial charge in [0, 0.05) is 23.0 Å². The SMILES string of the molecule is CCOc1ncccc1C(=O)Nc1cc2oc3ccccc3c2cc1OC. The van der Waals surface area contributed by atoms with Gasteiger partial charge in [-0.05, 0) is 31.2 Å². The van der Waals surface area contributed by atoms with Crippen molar-refractivity contribution in [3.63, 3.8) is 0 Å². The highest BCUT2D eigenvalue weighted by Crippen LogP contribution is 2.36. The summed E-state index contributed by atoms with van der Waals surface area (Å²) in [7, 11) is 1.56. The molecule has 1 amide bonds. The van der Waals surface area contributed by atoms with Crippen molar-refractivity contribution in [2.45, 2.75) is 6.92 Å². The second-order valence-corrected chi connectivity index (χ2v) is 5.89. The average molecular weight is 362 g/mol. The molecule has 2 aromatic carbocycles. The summed E-state index contributed by atoms with van der Waals surface area (Å²) in [4.78, 5) is 16.9. The Morgan fingerprint density at radius 3 is 2.78 bits per heavy atom. The zero-order valence-corrected chi connectivity index (χ0v) is 15.0. The van der Waals surface area contributed by atoms with Crippen LogP contribution in [0.3, 0.4) is 0 Å². The van der Waals surface area contributed by atoms with E-state index in [0.717, 1.165) is 16.4 Å². The van der Waals surface area contributed by atoms with Crippen molar-refractivity contribution in [2.75, 3.05) is 19.0 Å². The van der Waals surface area contributed by atoms with Crippen LogP contribution in [-0.4, -0.2) is 24.6 Å². The average Bonchev–Trinajstić information content (AvgIpc) is 3.05. The highest BCUT2D eigenvalue weighted by Gasteiger charge is 2.17. The fourth-order valence-corrected chi connectivity index (χ4v) is 3.02. The molecule has 0 aliphatic carbocycles. The van der Waals surface area contributed by atoms with Crippen LogP contribution >= 0.6 is 0 Å². The number of hydrogen-bond acceptors (Lipinski definition) is 5. The van der Waals surface area contributed by atoms with Crippen molar-refractivity contribution < 1.29 is 18.7 Å². The minimum absolute atomic E-state index is 0.293. The molecule has 0 bridgehead atoms. The van der Waals surface area contributed by atoms with E-state index in [-0.39, 0.29) is 5.91 Å². The van der Waals surface area contributed by atoms with Gasteiger partial charge in [0.05, 0.1) is 19.4 Å². The van der Waals surface area contributed by atoms with Crippen LogP contribution in [0.4, 0.5) is 5.69 Å². The Balaban J connectivity index is 1.75. The predicted molar refractivity (Wildman–Crippen MR) is 104 cm³/mol. The largest absolute Gasteiger partial charge is 0.495 e. The summed E-state index contributed by atoms with van der Waals surface area (Å²) in [6.07, 6.45) is 1.59. The van der Waals surface area contributed by atoms with Crippen LogP contribution in [-0.2, 0) is 0 Å². The molecule has 4 rings (SSSR count). The molecule has 27 heavy (non-hydrogen) atoms. The summed E-state index contributed by atoms with van der Waals surface area (Å²) in [6.45, 7) is 2.26. The molecule has 2 heterocycles. The quantitative estimate of drug-likeness (QED) is 0.560. The number of rotatable bonds is 5. The molecular formula is C21H18N2O4. The number of hydrogen-bond donors (Lipinski definition) is 1. The van der Waals surface area contributed by atoms with Gasteiger partial charge in [-0.15, -0.1) is 0 Å². The van der Waals surface area contributed by atoms with E-state index in [0.29, 0.717) is 35.1 Å². The summed E-state index contributed by atoms with van der Waals surface area (Å²) in [6, 6.07) is 14.8. The maximum Gasteiger partial charge on any atom is 0.261 e. The minimum Gasteiger partial charge on any atom is -0.495 e. The molecule has 6 nitrogen and oxygen atoms in total. The van der Waals surface area contributed by atoms with E-state index < -0.39 is 0 Å². The number of pyridine rings is 1. The molecule has 0 radical (unpaired) electrons. The van der Waals surface area contributed by atoms with Crippen LogP contribution in [0, 0.1) is 0 Å². The van der Waals surface area contributed by atoms with Gasteiger partial charge in [0.15, 0.2) is 0 Å². The topological polar surface area (TPSA) is 73.6 Å². The summed E-state index contributed by atoms with van der Waals surface area (Å²) in [5.41, 5.74) is 2.32. The van der Waals surface area contributed by atoms with E-state index in [4.69, 9.17) is 13.9 Å². The van der Waals surface area contributed by atoms with Crippen LogP contribution in [0.5, 0.6) is 11.6 Å². The predicted octanol–water partition coefficient (Wildman–Crippen LogP) is 4.64. The van der Waals surface area contributed by atoms with Crippen molar-refractivity contribution in [3.05, 3.63) is 60.3 Å². The Kier molecular flexibility index (Phi) is 4.38. The minimum atomic E-state index is -0.333. The standard InChI is InChI=1S/C21H18N2O4/c1-3-26-21-14(8-6-10-22-21)20(24)23-16-12-18-15(11-19(16)25-2)13-7-4-5-9-17(13)27-18/h4-12H,3H2,1-2H3,(H,23,24). The van der Waals surface area contributed by atoms with Gasteiger partial charge in [-0.3, -0.25) is 4.79 Å². The summed E-state index contributed by atoms with van der Waals surface area (Å²) >= 11 is 0. The molecule has 0 aliphatic rings. The number of amides is 1. The molecule has 0 spiro atoms. The molecule has 0 unspecified atom stereocenters. The third kappa shape index (κ3) is 3.06. The Bertz CT molecular complexity index is 1130. The van der Waals surface area contributed by atoms with Gasteiger partial charge < -0.3 is 19.2 Å². The number of furan rings is 1. The van der Waals surface area contributed by atoms with Crippen molar-refractivity contribution in [3.8, 4) is 11.6 Å². The van der Waals surface area contributed by atoms with Crippen LogP contribution in [0.25, 0.3) is 21.9 Å². The van der Waals surface area contributed by atoms with Crippen LogP contribution in [0.2, 0.25) is 0 Å². The van der Waals surface area contributed by atoms with Crippen molar-refractivity contribution >= 4 is 33.5 Å². The molecule has 0 atom stereocenters. The van der Waals surface area contributed by atoms with E-state index in [1.54, 1.807) is 31.5 Å². The lowest BCUT2D eigenvalue weighted by Gasteiger charge is -2.12. The number of nitrogens with one attached hydrogen (secondary N) is 1. The zero-order valence-electron chi connectivity index (χ0n) is 15.0.